The van der Waals surface area contributed by atoms with Gasteiger partial charge in [-0.25, -0.2) is 0 Å². The SMILES string of the molecule is CC(C)(C)NCC(O)CC1CCCCC1. The van der Waals surface area contributed by atoms with E-state index in [1.807, 2.05) is 0 Å². The molecule has 1 atom stereocenters. The molecule has 90 valence electrons. The van der Waals surface area contributed by atoms with Crippen LogP contribution in [0.15, 0.2) is 0 Å². The van der Waals surface area contributed by atoms with Gasteiger partial charge in [0.15, 0.2) is 0 Å². The lowest BCUT2D eigenvalue weighted by molar-refractivity contribution is 0.121. The van der Waals surface area contributed by atoms with Crippen molar-refractivity contribution in [1.82, 2.24) is 5.32 Å². The minimum atomic E-state index is -0.160. The average molecular weight is 213 g/mol. The Hall–Kier alpha value is -0.0800. The van der Waals surface area contributed by atoms with Crippen LogP contribution in [0.2, 0.25) is 0 Å². The lowest BCUT2D eigenvalue weighted by Gasteiger charge is -2.27. The topological polar surface area (TPSA) is 32.3 Å². The fourth-order valence-electron chi connectivity index (χ4n) is 2.31. The summed E-state index contributed by atoms with van der Waals surface area (Å²) in [7, 11) is 0. The standard InChI is InChI=1S/C13H27NO/c1-13(2,3)14-10-12(15)9-11-7-5-4-6-8-11/h11-12,14-15H,4-10H2,1-3H3. The maximum absolute atomic E-state index is 9.90. The lowest BCUT2D eigenvalue weighted by Crippen LogP contribution is -2.41. The van der Waals surface area contributed by atoms with Crippen molar-refractivity contribution in [2.24, 2.45) is 5.92 Å². The van der Waals surface area contributed by atoms with Crippen LogP contribution in [-0.2, 0) is 0 Å². The molecule has 0 aromatic carbocycles. The van der Waals surface area contributed by atoms with Gasteiger partial charge in [0.25, 0.3) is 0 Å². The van der Waals surface area contributed by atoms with Gasteiger partial charge in [-0.05, 0) is 33.1 Å². The van der Waals surface area contributed by atoms with Gasteiger partial charge >= 0.3 is 0 Å². The van der Waals surface area contributed by atoms with Gasteiger partial charge < -0.3 is 10.4 Å². The highest BCUT2D eigenvalue weighted by molar-refractivity contribution is 4.75. The molecule has 2 heteroatoms. The Morgan fingerprint density at radius 2 is 1.80 bits per heavy atom. The number of rotatable bonds is 4. The van der Waals surface area contributed by atoms with E-state index in [9.17, 15) is 5.11 Å². The van der Waals surface area contributed by atoms with Crippen molar-refractivity contribution in [1.29, 1.82) is 0 Å². The number of nitrogens with one attached hydrogen (secondary N) is 1. The molecular weight excluding hydrogens is 186 g/mol. The molecule has 15 heavy (non-hydrogen) atoms. The van der Waals surface area contributed by atoms with Gasteiger partial charge in [-0.2, -0.15) is 0 Å². The van der Waals surface area contributed by atoms with Crippen LogP contribution in [0.4, 0.5) is 0 Å². The summed E-state index contributed by atoms with van der Waals surface area (Å²) in [5.74, 6) is 0.774. The Balaban J connectivity index is 2.14. The van der Waals surface area contributed by atoms with Gasteiger partial charge in [-0.15, -0.1) is 0 Å². The van der Waals surface area contributed by atoms with Crippen molar-refractivity contribution in [3.8, 4) is 0 Å². The first kappa shape index (κ1) is 13.0. The molecule has 0 aromatic rings. The van der Waals surface area contributed by atoms with Crippen LogP contribution in [-0.4, -0.2) is 23.3 Å². The largest absolute Gasteiger partial charge is 0.392 e. The van der Waals surface area contributed by atoms with E-state index in [0.717, 1.165) is 18.9 Å². The van der Waals surface area contributed by atoms with Crippen molar-refractivity contribution >= 4 is 0 Å². The van der Waals surface area contributed by atoms with E-state index in [1.54, 1.807) is 0 Å². The highest BCUT2D eigenvalue weighted by Gasteiger charge is 2.18. The van der Waals surface area contributed by atoms with Gasteiger partial charge in [0.05, 0.1) is 6.10 Å². The van der Waals surface area contributed by atoms with E-state index in [2.05, 4.69) is 26.1 Å². The molecule has 0 saturated heterocycles. The molecule has 1 unspecified atom stereocenters. The number of hydrogen-bond acceptors (Lipinski definition) is 2. The van der Waals surface area contributed by atoms with Crippen molar-refractivity contribution in [2.75, 3.05) is 6.54 Å². The van der Waals surface area contributed by atoms with Gasteiger partial charge in [0.1, 0.15) is 0 Å². The van der Waals surface area contributed by atoms with E-state index in [0.29, 0.717) is 0 Å². The minimum absolute atomic E-state index is 0.119. The molecule has 0 radical (unpaired) electrons. The predicted octanol–water partition coefficient (Wildman–Crippen LogP) is 2.71. The average Bonchev–Trinajstić information content (AvgIpc) is 2.15. The van der Waals surface area contributed by atoms with Gasteiger partial charge in [-0.3, -0.25) is 0 Å². The summed E-state index contributed by atoms with van der Waals surface area (Å²) in [5, 5.41) is 13.3. The summed E-state index contributed by atoms with van der Waals surface area (Å²) < 4.78 is 0. The predicted molar refractivity (Wildman–Crippen MR) is 65.0 cm³/mol. The minimum Gasteiger partial charge on any atom is -0.392 e. The van der Waals surface area contributed by atoms with E-state index >= 15 is 0 Å². The summed E-state index contributed by atoms with van der Waals surface area (Å²) in [4.78, 5) is 0. The van der Waals surface area contributed by atoms with Gasteiger partial charge in [0, 0.05) is 12.1 Å². The van der Waals surface area contributed by atoms with Crippen molar-refractivity contribution < 1.29 is 5.11 Å². The van der Waals surface area contributed by atoms with Crippen molar-refractivity contribution in [2.45, 2.75) is 70.9 Å². The van der Waals surface area contributed by atoms with Crippen LogP contribution in [0.5, 0.6) is 0 Å². The fourth-order valence-corrected chi connectivity index (χ4v) is 2.31. The highest BCUT2D eigenvalue weighted by Crippen LogP contribution is 2.27. The Labute approximate surface area is 94.5 Å². The maximum atomic E-state index is 9.90. The highest BCUT2D eigenvalue weighted by atomic mass is 16.3. The van der Waals surface area contributed by atoms with E-state index in [4.69, 9.17) is 0 Å². The molecule has 0 amide bonds. The first-order valence-corrected chi connectivity index (χ1v) is 6.40. The zero-order chi connectivity index (χ0) is 11.3. The van der Waals surface area contributed by atoms with Crippen LogP contribution >= 0.6 is 0 Å². The summed E-state index contributed by atoms with van der Waals surface area (Å²) in [6, 6.07) is 0. The Morgan fingerprint density at radius 1 is 1.20 bits per heavy atom. The van der Waals surface area contributed by atoms with E-state index < -0.39 is 0 Å². The van der Waals surface area contributed by atoms with Crippen LogP contribution in [0.1, 0.15) is 59.3 Å². The maximum Gasteiger partial charge on any atom is 0.0667 e. The van der Waals surface area contributed by atoms with Crippen molar-refractivity contribution in [3.63, 3.8) is 0 Å². The van der Waals surface area contributed by atoms with Crippen LogP contribution in [0.25, 0.3) is 0 Å². The number of hydrogen-bond donors (Lipinski definition) is 2. The van der Waals surface area contributed by atoms with Crippen molar-refractivity contribution in [3.05, 3.63) is 0 Å². The molecule has 1 aliphatic carbocycles. The Kier molecular flexibility index (Phi) is 5.07. The molecule has 2 N–H and O–H groups in total. The molecule has 2 nitrogen and oxygen atoms in total. The Morgan fingerprint density at radius 3 is 2.33 bits per heavy atom. The fraction of sp³-hybridized carbons (Fsp3) is 1.00. The summed E-state index contributed by atoms with van der Waals surface area (Å²) in [5.41, 5.74) is 0.119. The summed E-state index contributed by atoms with van der Waals surface area (Å²) in [6.07, 6.45) is 7.61. The lowest BCUT2D eigenvalue weighted by atomic mass is 9.85. The second-order valence-corrected chi connectivity index (χ2v) is 6.02. The molecule has 1 fully saturated rings. The quantitative estimate of drug-likeness (QED) is 0.752. The molecule has 1 aliphatic rings. The van der Waals surface area contributed by atoms with Crippen LogP contribution < -0.4 is 5.32 Å². The number of aliphatic hydroxyl groups is 1. The van der Waals surface area contributed by atoms with Crippen LogP contribution in [0.3, 0.4) is 0 Å². The molecule has 1 saturated carbocycles. The smallest absolute Gasteiger partial charge is 0.0667 e. The third-order valence-electron chi connectivity index (χ3n) is 3.20. The monoisotopic (exact) mass is 213 g/mol. The van der Waals surface area contributed by atoms with Gasteiger partial charge in [0.2, 0.25) is 0 Å². The zero-order valence-corrected chi connectivity index (χ0v) is 10.6. The molecule has 0 aliphatic heterocycles. The van der Waals surface area contributed by atoms with Gasteiger partial charge in [-0.1, -0.05) is 32.1 Å². The molecule has 1 rings (SSSR count). The second kappa shape index (κ2) is 5.86. The molecule has 0 spiro atoms. The van der Waals surface area contributed by atoms with Crippen LogP contribution in [0, 0.1) is 5.92 Å². The molecule has 0 heterocycles. The molecule has 0 bridgehead atoms. The first-order chi connectivity index (χ1) is 6.97. The number of β-amino-alcohol motifs (C(OH)–C–C–N with tert-alkyl or cyclic N) is 1. The normalized spacial score (nSPS) is 21.6. The third kappa shape index (κ3) is 6.16. The molecule has 0 aromatic heterocycles. The van der Waals surface area contributed by atoms with E-state index in [1.165, 1.54) is 32.1 Å². The first-order valence-electron chi connectivity index (χ1n) is 6.40. The summed E-state index contributed by atoms with van der Waals surface area (Å²) in [6.45, 7) is 7.15. The molecular formula is C13H27NO. The zero-order valence-electron chi connectivity index (χ0n) is 10.6. The Bertz CT molecular complexity index is 168. The third-order valence-corrected chi connectivity index (χ3v) is 3.20. The second-order valence-electron chi connectivity index (χ2n) is 6.02. The van der Waals surface area contributed by atoms with E-state index in [-0.39, 0.29) is 11.6 Å². The summed E-state index contributed by atoms with van der Waals surface area (Å²) >= 11 is 0. The number of aliphatic hydroxyl groups excluding tert-OH is 1.